The molecule has 0 aromatic heterocycles. The largest absolute Gasteiger partial charge is 0.480 e. The highest BCUT2D eigenvalue weighted by Gasteiger charge is 2.19. The summed E-state index contributed by atoms with van der Waals surface area (Å²) in [4.78, 5) is 47.5. The first kappa shape index (κ1) is 50.3. The molecule has 0 fully saturated rings. The van der Waals surface area contributed by atoms with Crippen LogP contribution in [0.3, 0.4) is 0 Å². The molecule has 2 atom stereocenters. The van der Waals surface area contributed by atoms with Gasteiger partial charge in [-0.3, -0.25) is 14.4 Å². The number of unbranched alkanes of at least 4 members (excludes halogenated alkanes) is 21. The molecule has 308 valence electrons. The van der Waals surface area contributed by atoms with Crippen molar-refractivity contribution in [1.29, 1.82) is 0 Å². The summed E-state index contributed by atoms with van der Waals surface area (Å²) < 4.78 is 6.01. The zero-order valence-electron chi connectivity index (χ0n) is 34.0. The van der Waals surface area contributed by atoms with E-state index in [2.05, 4.69) is 48.8 Å². The molecular formula is C44H80N2O7. The Kier molecular flexibility index (Phi) is 37.1. The molecule has 0 aliphatic heterocycles. The topological polar surface area (TPSA) is 142 Å². The van der Waals surface area contributed by atoms with E-state index in [1.807, 2.05) is 0 Å². The fourth-order valence-electron chi connectivity index (χ4n) is 6.33. The third-order valence-electron chi connectivity index (χ3n) is 9.70. The molecule has 0 aromatic carbocycles. The molecule has 0 saturated heterocycles. The molecule has 0 bridgehead atoms. The molecular weight excluding hydrogens is 668 g/mol. The highest BCUT2D eigenvalue weighted by Crippen LogP contribution is 2.19. The Morgan fingerprint density at radius 1 is 0.566 bits per heavy atom. The molecule has 0 radical (unpaired) electrons. The summed E-state index contributed by atoms with van der Waals surface area (Å²) in [7, 11) is 0. The molecule has 0 aliphatic rings. The number of carbonyl (C=O) groups excluding carboxylic acids is 3. The summed E-state index contributed by atoms with van der Waals surface area (Å²) in [6.07, 6.45) is 42.0. The predicted octanol–water partition coefficient (Wildman–Crippen LogP) is 10.4. The van der Waals surface area contributed by atoms with Crippen LogP contribution in [0.15, 0.2) is 24.3 Å². The monoisotopic (exact) mass is 749 g/mol. The van der Waals surface area contributed by atoms with E-state index in [9.17, 15) is 19.2 Å². The number of rotatable bonds is 39. The number of hydrogen-bond donors (Lipinski definition) is 4. The molecule has 0 spiro atoms. The highest BCUT2D eigenvalue weighted by atomic mass is 16.5. The van der Waals surface area contributed by atoms with Crippen LogP contribution in [0.5, 0.6) is 0 Å². The number of allylic oxidation sites excluding steroid dienone is 4. The van der Waals surface area contributed by atoms with Gasteiger partial charge in [0, 0.05) is 12.8 Å². The number of aliphatic carboxylic acids is 1. The maximum atomic E-state index is 12.8. The lowest BCUT2D eigenvalue weighted by Gasteiger charge is -2.18. The lowest BCUT2D eigenvalue weighted by Crippen LogP contribution is -2.47. The number of amides is 2. The number of carboxylic acids is 1. The van der Waals surface area contributed by atoms with Gasteiger partial charge in [-0.1, -0.05) is 147 Å². The SMILES string of the molecule is CCCCCC/C=C\C/C=C\CCCCCCCC(=O)OC(CCCCCCCCCCC)CCCCCCCC(=O)NCC(=O)NC(CO)C(=O)O. The first-order valence-electron chi connectivity index (χ1n) is 21.7. The number of hydrogen-bond acceptors (Lipinski definition) is 6. The summed E-state index contributed by atoms with van der Waals surface area (Å²) in [6, 6.07) is -1.38. The third-order valence-corrected chi connectivity index (χ3v) is 9.70. The molecule has 0 rings (SSSR count). The van der Waals surface area contributed by atoms with Crippen molar-refractivity contribution in [3.63, 3.8) is 0 Å². The molecule has 0 aliphatic carbocycles. The summed E-state index contributed by atoms with van der Waals surface area (Å²) in [6.45, 7) is 3.46. The summed E-state index contributed by atoms with van der Waals surface area (Å²) in [5.41, 5.74) is 0. The van der Waals surface area contributed by atoms with Crippen LogP contribution in [0, 0.1) is 0 Å². The van der Waals surface area contributed by atoms with Crippen LogP contribution in [-0.2, 0) is 23.9 Å². The van der Waals surface area contributed by atoms with Gasteiger partial charge >= 0.3 is 11.9 Å². The lowest BCUT2D eigenvalue weighted by molar-refractivity contribution is -0.150. The predicted molar refractivity (Wildman–Crippen MR) is 218 cm³/mol. The van der Waals surface area contributed by atoms with Crippen molar-refractivity contribution < 1.29 is 34.1 Å². The van der Waals surface area contributed by atoms with E-state index in [0.717, 1.165) is 77.0 Å². The van der Waals surface area contributed by atoms with Crippen molar-refractivity contribution >= 4 is 23.8 Å². The Hall–Kier alpha value is -2.68. The Bertz CT molecular complexity index is 952. The van der Waals surface area contributed by atoms with E-state index in [-0.39, 0.29) is 24.5 Å². The molecule has 2 unspecified atom stereocenters. The zero-order valence-corrected chi connectivity index (χ0v) is 34.0. The lowest BCUT2D eigenvalue weighted by atomic mass is 10.0. The van der Waals surface area contributed by atoms with E-state index < -0.39 is 24.5 Å². The summed E-state index contributed by atoms with van der Waals surface area (Å²) in [5.74, 6) is -2.30. The van der Waals surface area contributed by atoms with Gasteiger partial charge in [-0.05, 0) is 70.6 Å². The van der Waals surface area contributed by atoms with Crippen LogP contribution in [0.4, 0.5) is 0 Å². The first-order valence-corrected chi connectivity index (χ1v) is 21.7. The van der Waals surface area contributed by atoms with Crippen LogP contribution in [0.2, 0.25) is 0 Å². The Balaban J connectivity index is 4.25. The quantitative estimate of drug-likeness (QED) is 0.0278. The van der Waals surface area contributed by atoms with Crippen molar-refractivity contribution in [1.82, 2.24) is 10.6 Å². The molecule has 0 saturated carbocycles. The van der Waals surface area contributed by atoms with Gasteiger partial charge in [-0.15, -0.1) is 0 Å². The van der Waals surface area contributed by atoms with Gasteiger partial charge in [0.25, 0.3) is 0 Å². The second kappa shape index (κ2) is 39.0. The molecule has 9 heteroatoms. The second-order valence-electron chi connectivity index (χ2n) is 14.8. The standard InChI is InChI=1S/C44H80N2O7/c1-3-5-7-9-11-13-14-15-16-17-18-19-21-23-28-32-36-43(50)53-39(33-29-25-22-20-12-10-8-6-4-2)34-30-26-24-27-31-35-41(48)45-37-42(49)46-40(38-47)44(51)52/h13-14,16-17,39-40,47H,3-12,15,18-38H2,1-2H3,(H,45,48)(H,46,49)(H,51,52)/b14-13-,17-16-. The second-order valence-corrected chi connectivity index (χ2v) is 14.8. The van der Waals surface area contributed by atoms with Gasteiger partial charge < -0.3 is 25.6 Å². The number of carboxylic acid groups (broad SMARTS) is 1. The highest BCUT2D eigenvalue weighted by molar-refractivity contribution is 5.87. The average molecular weight is 749 g/mol. The van der Waals surface area contributed by atoms with Crippen molar-refractivity contribution in [3.8, 4) is 0 Å². The van der Waals surface area contributed by atoms with Crippen LogP contribution >= 0.6 is 0 Å². The van der Waals surface area contributed by atoms with Crippen LogP contribution in [-0.4, -0.2) is 59.3 Å². The van der Waals surface area contributed by atoms with E-state index in [4.69, 9.17) is 14.9 Å². The maximum Gasteiger partial charge on any atom is 0.328 e. The number of nitrogens with one attached hydrogen (secondary N) is 2. The third kappa shape index (κ3) is 36.1. The number of ether oxygens (including phenoxy) is 1. The van der Waals surface area contributed by atoms with Gasteiger partial charge in [-0.2, -0.15) is 0 Å². The van der Waals surface area contributed by atoms with E-state index in [1.54, 1.807) is 0 Å². The van der Waals surface area contributed by atoms with Gasteiger partial charge in [0.2, 0.25) is 11.8 Å². The van der Waals surface area contributed by atoms with Gasteiger partial charge in [0.1, 0.15) is 12.1 Å². The fraction of sp³-hybridized carbons (Fsp3) is 0.818. The molecule has 0 heterocycles. The number of aliphatic hydroxyl groups excluding tert-OH is 1. The first-order chi connectivity index (χ1) is 25.8. The number of carbonyl (C=O) groups is 4. The Morgan fingerprint density at radius 2 is 1.02 bits per heavy atom. The molecule has 9 nitrogen and oxygen atoms in total. The van der Waals surface area contributed by atoms with E-state index >= 15 is 0 Å². The Labute approximate surface area is 324 Å². The average Bonchev–Trinajstić information content (AvgIpc) is 3.14. The van der Waals surface area contributed by atoms with Crippen molar-refractivity contribution in [2.45, 2.75) is 219 Å². The number of esters is 1. The number of aliphatic hydroxyl groups is 1. The molecule has 53 heavy (non-hydrogen) atoms. The minimum absolute atomic E-state index is 0.0155. The fourth-order valence-corrected chi connectivity index (χ4v) is 6.33. The molecule has 0 aromatic rings. The Morgan fingerprint density at radius 3 is 1.53 bits per heavy atom. The zero-order chi connectivity index (χ0) is 39.0. The van der Waals surface area contributed by atoms with Gasteiger partial charge in [0.15, 0.2) is 0 Å². The van der Waals surface area contributed by atoms with E-state index in [0.29, 0.717) is 19.3 Å². The minimum Gasteiger partial charge on any atom is -0.480 e. The minimum atomic E-state index is -1.38. The van der Waals surface area contributed by atoms with Crippen molar-refractivity contribution in [2.75, 3.05) is 13.2 Å². The van der Waals surface area contributed by atoms with E-state index in [1.165, 1.54) is 96.3 Å². The van der Waals surface area contributed by atoms with Gasteiger partial charge in [-0.25, -0.2) is 4.79 Å². The summed E-state index contributed by atoms with van der Waals surface area (Å²) >= 11 is 0. The van der Waals surface area contributed by atoms with Crippen LogP contribution in [0.25, 0.3) is 0 Å². The van der Waals surface area contributed by atoms with Crippen LogP contribution in [0.1, 0.15) is 206 Å². The van der Waals surface area contributed by atoms with Crippen molar-refractivity contribution in [2.24, 2.45) is 0 Å². The maximum absolute atomic E-state index is 12.8. The van der Waals surface area contributed by atoms with Crippen LogP contribution < -0.4 is 10.6 Å². The molecule has 2 amide bonds. The van der Waals surface area contributed by atoms with Gasteiger partial charge in [0.05, 0.1) is 13.2 Å². The molecule has 4 N–H and O–H groups in total. The smallest absolute Gasteiger partial charge is 0.328 e. The summed E-state index contributed by atoms with van der Waals surface area (Å²) in [5, 5.41) is 22.5. The van der Waals surface area contributed by atoms with Crippen molar-refractivity contribution in [3.05, 3.63) is 24.3 Å². The normalized spacial score (nSPS) is 12.7.